The molecule has 126 valence electrons. The molecule has 1 N–H and O–H groups in total. The van der Waals surface area contributed by atoms with Crippen LogP contribution in [0.5, 0.6) is 5.75 Å². The lowest BCUT2D eigenvalue weighted by atomic mass is 9.82. The van der Waals surface area contributed by atoms with Crippen LogP contribution in [-0.4, -0.2) is 35.0 Å². The third-order valence-electron chi connectivity index (χ3n) is 5.06. The number of hydrogen-bond acceptors (Lipinski definition) is 3. The number of hydrogen-bond donors (Lipinski definition) is 1. The average molecular weight is 316 g/mol. The Hall–Kier alpha value is -1.55. The molecule has 0 aliphatic carbocycles. The van der Waals surface area contributed by atoms with Crippen LogP contribution in [0.4, 0.5) is 0 Å². The summed E-state index contributed by atoms with van der Waals surface area (Å²) < 4.78 is 5.79. The third-order valence-corrected chi connectivity index (χ3v) is 5.06. The lowest BCUT2D eigenvalue weighted by molar-refractivity contribution is -0.133. The van der Waals surface area contributed by atoms with Crippen LogP contribution in [-0.2, 0) is 11.3 Å². The van der Waals surface area contributed by atoms with Gasteiger partial charge in [-0.3, -0.25) is 4.79 Å². The molecule has 1 amide bonds. The zero-order chi connectivity index (χ0) is 16.4. The van der Waals surface area contributed by atoms with Crippen LogP contribution >= 0.6 is 0 Å². The molecule has 2 atom stereocenters. The number of carbonyl (C=O) groups is 1. The van der Waals surface area contributed by atoms with Gasteiger partial charge >= 0.3 is 0 Å². The Morgan fingerprint density at radius 1 is 1.39 bits per heavy atom. The van der Waals surface area contributed by atoms with Crippen LogP contribution in [0.1, 0.15) is 52.0 Å². The van der Waals surface area contributed by atoms with Gasteiger partial charge in [-0.1, -0.05) is 12.1 Å². The first-order chi connectivity index (χ1) is 11.0. The van der Waals surface area contributed by atoms with Crippen molar-refractivity contribution in [1.82, 2.24) is 10.2 Å². The van der Waals surface area contributed by atoms with Gasteiger partial charge in [0.05, 0.1) is 6.10 Å². The number of ether oxygens (including phenoxy) is 1. The summed E-state index contributed by atoms with van der Waals surface area (Å²) in [6, 6.07) is 8.65. The first-order valence-electron chi connectivity index (χ1n) is 8.78. The topological polar surface area (TPSA) is 41.6 Å². The number of likely N-dealkylation sites (tertiary alicyclic amines) is 1. The van der Waals surface area contributed by atoms with Crippen LogP contribution in [0.2, 0.25) is 0 Å². The summed E-state index contributed by atoms with van der Waals surface area (Å²) in [6.07, 6.45) is 3.97. The highest BCUT2D eigenvalue weighted by Gasteiger charge is 2.46. The molecule has 4 nitrogen and oxygen atoms in total. The molecule has 3 rings (SSSR count). The largest absolute Gasteiger partial charge is 0.491 e. The number of carbonyl (C=O) groups excluding carboxylic acids is 1. The lowest BCUT2D eigenvalue weighted by Crippen LogP contribution is -2.54. The zero-order valence-corrected chi connectivity index (χ0v) is 14.5. The van der Waals surface area contributed by atoms with Crippen molar-refractivity contribution in [1.29, 1.82) is 0 Å². The molecule has 2 unspecified atom stereocenters. The molecule has 2 aliphatic rings. The third kappa shape index (κ3) is 3.52. The summed E-state index contributed by atoms with van der Waals surface area (Å²) in [5.74, 6) is 1.19. The predicted octanol–water partition coefficient (Wildman–Crippen LogP) is 3.11. The van der Waals surface area contributed by atoms with Crippen LogP contribution in [0.25, 0.3) is 0 Å². The fraction of sp³-hybridized carbons (Fsp3) is 0.632. The van der Waals surface area contributed by atoms with Crippen molar-refractivity contribution < 1.29 is 9.53 Å². The number of rotatable bonds is 4. The Bertz CT molecular complexity index is 572. The van der Waals surface area contributed by atoms with Crippen molar-refractivity contribution in [2.45, 2.75) is 70.7 Å². The summed E-state index contributed by atoms with van der Waals surface area (Å²) >= 11 is 0. The fourth-order valence-corrected chi connectivity index (χ4v) is 4.07. The molecule has 1 aromatic rings. The van der Waals surface area contributed by atoms with E-state index in [0.717, 1.165) is 37.1 Å². The van der Waals surface area contributed by atoms with Gasteiger partial charge in [0.15, 0.2) is 0 Å². The van der Waals surface area contributed by atoms with Crippen LogP contribution < -0.4 is 10.1 Å². The van der Waals surface area contributed by atoms with Gasteiger partial charge in [-0.25, -0.2) is 0 Å². The van der Waals surface area contributed by atoms with E-state index in [1.54, 1.807) is 0 Å². The molecule has 4 heteroatoms. The van der Waals surface area contributed by atoms with Crippen molar-refractivity contribution in [3.8, 4) is 5.75 Å². The van der Waals surface area contributed by atoms with E-state index in [0.29, 0.717) is 24.9 Å². The van der Waals surface area contributed by atoms with Gasteiger partial charge in [0, 0.05) is 24.5 Å². The smallest absolute Gasteiger partial charge is 0.223 e. The van der Waals surface area contributed by atoms with Crippen LogP contribution in [0.3, 0.4) is 0 Å². The Morgan fingerprint density at radius 3 is 2.96 bits per heavy atom. The van der Waals surface area contributed by atoms with E-state index in [9.17, 15) is 4.79 Å². The first kappa shape index (κ1) is 16.3. The monoisotopic (exact) mass is 316 g/mol. The van der Waals surface area contributed by atoms with E-state index in [-0.39, 0.29) is 11.6 Å². The maximum atomic E-state index is 12.5. The standard InChI is InChI=1S/C19H28N2O2/c1-14(2)23-17-6-4-5-16(11-17)13-21-18(22)7-8-19(21)9-10-20-15(3)12-19/h4-6,11,14-15,20H,7-10,12-13H2,1-3H3. The molecule has 2 aliphatic heterocycles. The van der Waals surface area contributed by atoms with Gasteiger partial charge in [0.25, 0.3) is 0 Å². The molecular weight excluding hydrogens is 288 g/mol. The number of piperidine rings is 1. The minimum Gasteiger partial charge on any atom is -0.491 e. The SMILES string of the molecule is CC1CC2(CCN1)CCC(=O)N2Cc1cccc(OC(C)C)c1. The number of amides is 1. The van der Waals surface area contributed by atoms with E-state index < -0.39 is 0 Å². The Balaban J connectivity index is 1.78. The maximum absolute atomic E-state index is 12.5. The second-order valence-corrected chi connectivity index (χ2v) is 7.33. The summed E-state index contributed by atoms with van der Waals surface area (Å²) in [4.78, 5) is 14.6. The van der Waals surface area contributed by atoms with E-state index in [1.165, 1.54) is 0 Å². The molecule has 2 heterocycles. The molecule has 2 fully saturated rings. The van der Waals surface area contributed by atoms with Crippen LogP contribution in [0, 0.1) is 0 Å². The van der Waals surface area contributed by atoms with Crippen molar-refractivity contribution in [2.75, 3.05) is 6.54 Å². The Labute approximate surface area is 139 Å². The molecular formula is C19H28N2O2. The number of nitrogens with zero attached hydrogens (tertiary/aromatic N) is 1. The normalized spacial score (nSPS) is 27.9. The molecule has 1 aromatic carbocycles. The summed E-state index contributed by atoms with van der Waals surface area (Å²) in [6.45, 7) is 7.98. The highest BCUT2D eigenvalue weighted by Crippen LogP contribution is 2.40. The molecule has 2 saturated heterocycles. The Morgan fingerprint density at radius 2 is 2.22 bits per heavy atom. The quantitative estimate of drug-likeness (QED) is 0.928. The first-order valence-corrected chi connectivity index (χ1v) is 8.78. The molecule has 0 saturated carbocycles. The maximum Gasteiger partial charge on any atom is 0.223 e. The number of benzene rings is 1. The van der Waals surface area contributed by atoms with Gasteiger partial charge in [-0.05, 0) is 64.3 Å². The van der Waals surface area contributed by atoms with Crippen LogP contribution in [0.15, 0.2) is 24.3 Å². The minimum absolute atomic E-state index is 0.0522. The fourth-order valence-electron chi connectivity index (χ4n) is 4.07. The zero-order valence-electron chi connectivity index (χ0n) is 14.5. The van der Waals surface area contributed by atoms with E-state index >= 15 is 0 Å². The molecule has 0 radical (unpaired) electrons. The average Bonchev–Trinajstić information content (AvgIpc) is 2.76. The van der Waals surface area contributed by atoms with Crippen molar-refractivity contribution in [3.63, 3.8) is 0 Å². The van der Waals surface area contributed by atoms with Crippen molar-refractivity contribution in [2.24, 2.45) is 0 Å². The van der Waals surface area contributed by atoms with Gasteiger partial charge in [0.2, 0.25) is 5.91 Å². The van der Waals surface area contributed by atoms with E-state index in [1.807, 2.05) is 26.0 Å². The van der Waals surface area contributed by atoms with Crippen molar-refractivity contribution >= 4 is 5.91 Å². The summed E-state index contributed by atoms with van der Waals surface area (Å²) in [7, 11) is 0. The predicted molar refractivity (Wildman–Crippen MR) is 91.4 cm³/mol. The molecule has 23 heavy (non-hydrogen) atoms. The lowest BCUT2D eigenvalue weighted by Gasteiger charge is -2.44. The Kier molecular flexibility index (Phi) is 4.62. The summed E-state index contributed by atoms with van der Waals surface area (Å²) in [5.41, 5.74) is 1.21. The highest BCUT2D eigenvalue weighted by molar-refractivity contribution is 5.79. The highest BCUT2D eigenvalue weighted by atomic mass is 16.5. The molecule has 0 aromatic heterocycles. The van der Waals surface area contributed by atoms with Gasteiger partial charge in [0.1, 0.15) is 5.75 Å². The minimum atomic E-state index is 0.0522. The number of nitrogens with one attached hydrogen (secondary N) is 1. The van der Waals surface area contributed by atoms with Gasteiger partial charge < -0.3 is 15.0 Å². The van der Waals surface area contributed by atoms with E-state index in [4.69, 9.17) is 4.74 Å². The van der Waals surface area contributed by atoms with E-state index in [2.05, 4.69) is 29.3 Å². The summed E-state index contributed by atoms with van der Waals surface area (Å²) in [5, 5.41) is 3.51. The van der Waals surface area contributed by atoms with Crippen molar-refractivity contribution in [3.05, 3.63) is 29.8 Å². The second kappa shape index (κ2) is 6.52. The molecule has 0 bridgehead atoms. The van der Waals surface area contributed by atoms with Gasteiger partial charge in [-0.2, -0.15) is 0 Å². The molecule has 1 spiro atoms. The van der Waals surface area contributed by atoms with Gasteiger partial charge in [-0.15, -0.1) is 0 Å². The second-order valence-electron chi connectivity index (χ2n) is 7.33.